The first-order chi connectivity index (χ1) is 8.78. The van der Waals surface area contributed by atoms with Crippen molar-refractivity contribution in [3.05, 3.63) is 45.9 Å². The first-order valence-corrected chi connectivity index (χ1v) is 7.33. The van der Waals surface area contributed by atoms with Crippen molar-refractivity contribution in [2.24, 2.45) is 0 Å². The van der Waals surface area contributed by atoms with E-state index < -0.39 is 0 Å². The lowest BCUT2D eigenvalue weighted by Gasteiger charge is -2.06. The Morgan fingerprint density at radius 2 is 2.00 bits per heavy atom. The lowest BCUT2D eigenvalue weighted by atomic mass is 10.1. The van der Waals surface area contributed by atoms with Crippen LogP contribution in [0.4, 0.5) is 5.69 Å². The van der Waals surface area contributed by atoms with E-state index in [0.717, 1.165) is 11.6 Å². The third-order valence-electron chi connectivity index (χ3n) is 2.91. The third kappa shape index (κ3) is 3.84. The maximum atomic E-state index is 4.26. The number of anilines is 1. The Labute approximate surface area is 113 Å². The second-order valence-corrected chi connectivity index (χ2v) is 5.82. The topological polar surface area (TPSA) is 24.9 Å². The molecule has 0 spiro atoms. The number of nitrogens with zero attached hydrogens (tertiary/aromatic N) is 1. The van der Waals surface area contributed by atoms with Crippen LogP contribution in [0.25, 0.3) is 0 Å². The molecule has 0 aliphatic carbocycles. The van der Waals surface area contributed by atoms with Gasteiger partial charge >= 0.3 is 0 Å². The Kier molecular flexibility index (Phi) is 4.76. The maximum absolute atomic E-state index is 4.26. The number of thiazole rings is 1. The molecule has 3 heteroatoms. The van der Waals surface area contributed by atoms with Gasteiger partial charge in [-0.05, 0) is 37.5 Å². The predicted octanol–water partition coefficient (Wildman–Crippen LogP) is 4.41. The van der Waals surface area contributed by atoms with Crippen molar-refractivity contribution in [1.82, 2.24) is 4.98 Å². The molecule has 2 rings (SSSR count). The zero-order valence-electron chi connectivity index (χ0n) is 11.1. The standard InChI is InChI=1S/C15H20N2S/c1-3-4-5-13-6-8-14(9-7-13)17-11-15-10-16-12(2)18-15/h6-10,17H,3-5,11H2,1-2H3. The van der Waals surface area contributed by atoms with Gasteiger partial charge in [0.25, 0.3) is 0 Å². The molecule has 0 atom stereocenters. The molecule has 0 radical (unpaired) electrons. The zero-order chi connectivity index (χ0) is 12.8. The number of hydrogen-bond acceptors (Lipinski definition) is 3. The Hall–Kier alpha value is -1.35. The van der Waals surface area contributed by atoms with Crippen LogP contribution in [0.1, 0.15) is 35.2 Å². The molecule has 0 bridgehead atoms. The Morgan fingerprint density at radius 1 is 1.22 bits per heavy atom. The normalized spacial score (nSPS) is 10.6. The van der Waals surface area contributed by atoms with Crippen molar-refractivity contribution < 1.29 is 0 Å². The summed E-state index contributed by atoms with van der Waals surface area (Å²) in [6.45, 7) is 5.13. The van der Waals surface area contributed by atoms with Crippen molar-refractivity contribution in [1.29, 1.82) is 0 Å². The minimum atomic E-state index is 0.861. The molecular formula is C15H20N2S. The molecule has 1 heterocycles. The number of unbranched alkanes of at least 4 members (excludes halogenated alkanes) is 1. The summed E-state index contributed by atoms with van der Waals surface area (Å²) in [4.78, 5) is 5.54. The molecule has 0 unspecified atom stereocenters. The highest BCUT2D eigenvalue weighted by molar-refractivity contribution is 7.11. The van der Waals surface area contributed by atoms with E-state index in [-0.39, 0.29) is 0 Å². The second kappa shape index (κ2) is 6.55. The van der Waals surface area contributed by atoms with Crippen LogP contribution in [-0.2, 0) is 13.0 Å². The van der Waals surface area contributed by atoms with Gasteiger partial charge in [-0.15, -0.1) is 11.3 Å². The molecule has 0 aliphatic heterocycles. The van der Waals surface area contributed by atoms with Crippen LogP contribution >= 0.6 is 11.3 Å². The largest absolute Gasteiger partial charge is 0.380 e. The Balaban J connectivity index is 1.86. The van der Waals surface area contributed by atoms with Gasteiger partial charge in [-0.2, -0.15) is 0 Å². The van der Waals surface area contributed by atoms with E-state index in [1.54, 1.807) is 11.3 Å². The van der Waals surface area contributed by atoms with Crippen LogP contribution in [0.2, 0.25) is 0 Å². The smallest absolute Gasteiger partial charge is 0.0897 e. The fourth-order valence-corrected chi connectivity index (χ4v) is 2.58. The summed E-state index contributed by atoms with van der Waals surface area (Å²) in [7, 11) is 0. The van der Waals surface area contributed by atoms with E-state index in [1.807, 2.05) is 13.1 Å². The fourth-order valence-electron chi connectivity index (χ4n) is 1.85. The number of hydrogen-bond donors (Lipinski definition) is 1. The third-order valence-corrected chi connectivity index (χ3v) is 3.82. The first kappa shape index (κ1) is 13.1. The van der Waals surface area contributed by atoms with Crippen molar-refractivity contribution >= 4 is 17.0 Å². The number of nitrogens with one attached hydrogen (secondary N) is 1. The lowest BCUT2D eigenvalue weighted by molar-refractivity contribution is 0.795. The van der Waals surface area contributed by atoms with Gasteiger partial charge in [0.1, 0.15) is 0 Å². The van der Waals surface area contributed by atoms with Gasteiger partial charge in [0.15, 0.2) is 0 Å². The van der Waals surface area contributed by atoms with Crippen LogP contribution in [-0.4, -0.2) is 4.98 Å². The average Bonchev–Trinajstić information content (AvgIpc) is 2.81. The Morgan fingerprint density at radius 3 is 2.61 bits per heavy atom. The number of rotatable bonds is 6. The summed E-state index contributed by atoms with van der Waals surface area (Å²) in [6.07, 6.45) is 5.66. The van der Waals surface area contributed by atoms with Crippen LogP contribution in [0.5, 0.6) is 0 Å². The van der Waals surface area contributed by atoms with Gasteiger partial charge in [-0.3, -0.25) is 0 Å². The van der Waals surface area contributed by atoms with Crippen LogP contribution in [0.3, 0.4) is 0 Å². The number of aromatic nitrogens is 1. The quantitative estimate of drug-likeness (QED) is 0.832. The highest BCUT2D eigenvalue weighted by Gasteiger charge is 1.98. The highest BCUT2D eigenvalue weighted by atomic mass is 32.1. The van der Waals surface area contributed by atoms with E-state index in [0.29, 0.717) is 0 Å². The zero-order valence-corrected chi connectivity index (χ0v) is 11.9. The summed E-state index contributed by atoms with van der Waals surface area (Å²) in [5.41, 5.74) is 2.61. The van der Waals surface area contributed by atoms with Crippen molar-refractivity contribution in [3.8, 4) is 0 Å². The summed E-state index contributed by atoms with van der Waals surface area (Å²) >= 11 is 1.75. The molecule has 0 aliphatic rings. The average molecular weight is 260 g/mol. The van der Waals surface area contributed by atoms with Gasteiger partial charge in [-0.25, -0.2) is 4.98 Å². The Bertz CT molecular complexity index is 473. The highest BCUT2D eigenvalue weighted by Crippen LogP contribution is 2.16. The molecule has 2 aromatic rings. The first-order valence-electron chi connectivity index (χ1n) is 6.52. The van der Waals surface area contributed by atoms with Gasteiger partial charge < -0.3 is 5.32 Å². The van der Waals surface area contributed by atoms with Crippen LogP contribution in [0, 0.1) is 6.92 Å². The predicted molar refractivity (Wildman–Crippen MR) is 79.2 cm³/mol. The molecule has 2 nitrogen and oxygen atoms in total. The summed E-state index contributed by atoms with van der Waals surface area (Å²) < 4.78 is 0. The minimum Gasteiger partial charge on any atom is -0.380 e. The molecule has 0 saturated heterocycles. The number of aryl methyl sites for hydroxylation is 2. The molecule has 1 aromatic carbocycles. The van der Waals surface area contributed by atoms with Gasteiger partial charge in [0, 0.05) is 16.8 Å². The summed E-state index contributed by atoms with van der Waals surface area (Å²) in [5.74, 6) is 0. The van der Waals surface area contributed by atoms with Crippen molar-refractivity contribution in [2.75, 3.05) is 5.32 Å². The van der Waals surface area contributed by atoms with Crippen LogP contribution in [0.15, 0.2) is 30.5 Å². The lowest BCUT2D eigenvalue weighted by Crippen LogP contribution is -1.97. The molecule has 96 valence electrons. The van der Waals surface area contributed by atoms with Crippen LogP contribution < -0.4 is 5.32 Å². The summed E-state index contributed by atoms with van der Waals surface area (Å²) in [6, 6.07) is 8.77. The molecule has 0 amide bonds. The molecule has 18 heavy (non-hydrogen) atoms. The maximum Gasteiger partial charge on any atom is 0.0897 e. The number of benzene rings is 1. The minimum absolute atomic E-state index is 0.861. The molecule has 1 N–H and O–H groups in total. The van der Waals surface area contributed by atoms with Gasteiger partial charge in [0.05, 0.1) is 11.6 Å². The van der Waals surface area contributed by atoms with Crippen molar-refractivity contribution in [2.45, 2.75) is 39.7 Å². The summed E-state index contributed by atoms with van der Waals surface area (Å²) in [5, 5.41) is 4.55. The fraction of sp³-hybridized carbons (Fsp3) is 0.400. The molecular weight excluding hydrogens is 240 g/mol. The molecule has 1 aromatic heterocycles. The molecule has 0 fully saturated rings. The van der Waals surface area contributed by atoms with E-state index in [4.69, 9.17) is 0 Å². The second-order valence-electron chi connectivity index (χ2n) is 4.50. The monoisotopic (exact) mass is 260 g/mol. The van der Waals surface area contributed by atoms with E-state index >= 15 is 0 Å². The van der Waals surface area contributed by atoms with Crippen molar-refractivity contribution in [3.63, 3.8) is 0 Å². The SMILES string of the molecule is CCCCc1ccc(NCc2cnc(C)s2)cc1. The van der Waals surface area contributed by atoms with Gasteiger partial charge in [0.2, 0.25) is 0 Å². The van der Waals surface area contributed by atoms with E-state index in [9.17, 15) is 0 Å². The molecule has 0 saturated carbocycles. The van der Waals surface area contributed by atoms with E-state index in [1.165, 1.54) is 35.4 Å². The van der Waals surface area contributed by atoms with E-state index in [2.05, 4.69) is 41.5 Å². The van der Waals surface area contributed by atoms with Gasteiger partial charge in [-0.1, -0.05) is 25.5 Å².